The molecule has 3 aromatic heterocycles. The third-order valence-electron chi connectivity index (χ3n) is 5.88. The Kier molecular flexibility index (Phi) is 5.68. The summed E-state index contributed by atoms with van der Waals surface area (Å²) in [5, 5.41) is 4.85. The van der Waals surface area contributed by atoms with Crippen molar-refractivity contribution in [2.45, 2.75) is 27.7 Å². The van der Waals surface area contributed by atoms with E-state index < -0.39 is 0 Å². The van der Waals surface area contributed by atoms with Gasteiger partial charge in [-0.2, -0.15) is 5.10 Å². The van der Waals surface area contributed by atoms with Crippen molar-refractivity contribution in [2.24, 2.45) is 0 Å². The zero-order chi connectivity index (χ0) is 23.7. The number of rotatable bonds is 5. The average Bonchev–Trinajstić information content (AvgIpc) is 3.23. The van der Waals surface area contributed by atoms with Crippen molar-refractivity contribution >= 4 is 17.2 Å². The summed E-state index contributed by atoms with van der Waals surface area (Å²) in [5.74, 6) is 0.828. The first kappa shape index (κ1) is 21.6. The Morgan fingerprint density at radius 3 is 2.15 bits per heavy atom. The zero-order valence-corrected chi connectivity index (χ0v) is 19.9. The summed E-state index contributed by atoms with van der Waals surface area (Å²) in [7, 11) is 0. The van der Waals surface area contributed by atoms with E-state index in [4.69, 9.17) is 10.1 Å². The van der Waals surface area contributed by atoms with Gasteiger partial charge in [-0.05, 0) is 75.2 Å². The Labute approximate surface area is 200 Å². The van der Waals surface area contributed by atoms with Gasteiger partial charge in [0.2, 0.25) is 0 Å². The molecule has 5 aromatic rings. The van der Waals surface area contributed by atoms with E-state index in [0.29, 0.717) is 0 Å². The Balaban J connectivity index is 1.72. The molecule has 0 aliphatic rings. The molecule has 0 bridgehead atoms. The van der Waals surface area contributed by atoms with Gasteiger partial charge in [0, 0.05) is 6.20 Å². The molecule has 0 fully saturated rings. The van der Waals surface area contributed by atoms with Crippen molar-refractivity contribution < 1.29 is 0 Å². The van der Waals surface area contributed by atoms with E-state index in [0.717, 1.165) is 40.0 Å². The number of aryl methyl sites for hydroxylation is 4. The number of aromatic nitrogens is 4. The maximum atomic E-state index is 5.05. The summed E-state index contributed by atoms with van der Waals surface area (Å²) >= 11 is 0. The molecule has 5 rings (SSSR count). The third kappa shape index (κ3) is 4.08. The van der Waals surface area contributed by atoms with E-state index in [1.807, 2.05) is 66.2 Å². The molecule has 0 aliphatic carbocycles. The Morgan fingerprint density at radius 1 is 0.735 bits per heavy atom. The lowest BCUT2D eigenvalue weighted by atomic mass is 10.0. The van der Waals surface area contributed by atoms with Gasteiger partial charge in [-0.1, -0.05) is 48.0 Å². The van der Waals surface area contributed by atoms with Gasteiger partial charge in [-0.25, -0.2) is 9.67 Å². The second-order valence-corrected chi connectivity index (χ2v) is 8.56. The first-order valence-electron chi connectivity index (χ1n) is 11.4. The predicted molar refractivity (Wildman–Crippen MR) is 138 cm³/mol. The number of pyridine rings is 2. The monoisotopic (exact) mass is 445 g/mol. The molecule has 0 radical (unpaired) electrons. The lowest BCUT2D eigenvalue weighted by Crippen LogP contribution is -2.15. The summed E-state index contributed by atoms with van der Waals surface area (Å²) < 4.78 is 1.93. The molecule has 0 aliphatic heterocycles. The van der Waals surface area contributed by atoms with E-state index >= 15 is 0 Å². The fourth-order valence-corrected chi connectivity index (χ4v) is 4.47. The van der Waals surface area contributed by atoms with E-state index in [9.17, 15) is 0 Å². The van der Waals surface area contributed by atoms with Crippen molar-refractivity contribution in [3.63, 3.8) is 0 Å². The van der Waals surface area contributed by atoms with Crippen LogP contribution in [0.25, 0.3) is 17.1 Å². The maximum absolute atomic E-state index is 5.05. The standard InChI is InChI=1S/C29H27N5/c1-20-17-21(2)29(22(3)18-20)34(27-19-33(32-23(27)4)24-11-6-5-7-12-24)28-15-10-14-26(31-28)25-13-8-9-16-30-25/h5-19H,1-4H3. The lowest BCUT2D eigenvalue weighted by molar-refractivity contribution is 0.863. The van der Waals surface area contributed by atoms with Gasteiger partial charge in [0.1, 0.15) is 5.82 Å². The Bertz CT molecular complexity index is 1420. The second-order valence-electron chi connectivity index (χ2n) is 8.56. The zero-order valence-electron chi connectivity index (χ0n) is 19.9. The summed E-state index contributed by atoms with van der Waals surface area (Å²) in [5.41, 5.74) is 9.35. The van der Waals surface area contributed by atoms with Crippen LogP contribution in [0.15, 0.2) is 91.3 Å². The SMILES string of the molecule is Cc1cc(C)c(N(c2cccc(-c3ccccn3)n2)c2cn(-c3ccccc3)nc2C)c(C)c1. The van der Waals surface area contributed by atoms with Crippen molar-refractivity contribution in [3.8, 4) is 17.1 Å². The summed E-state index contributed by atoms with van der Waals surface area (Å²) in [6.45, 7) is 8.49. The van der Waals surface area contributed by atoms with Gasteiger partial charge in [0.15, 0.2) is 0 Å². The fraction of sp³-hybridized carbons (Fsp3) is 0.138. The predicted octanol–water partition coefficient (Wildman–Crippen LogP) is 7.03. The molecule has 0 amide bonds. The minimum Gasteiger partial charge on any atom is -0.291 e. The normalized spacial score (nSPS) is 10.9. The van der Waals surface area contributed by atoms with E-state index in [1.54, 1.807) is 6.20 Å². The molecule has 34 heavy (non-hydrogen) atoms. The van der Waals surface area contributed by atoms with E-state index in [-0.39, 0.29) is 0 Å². The largest absolute Gasteiger partial charge is 0.291 e. The average molecular weight is 446 g/mol. The topological polar surface area (TPSA) is 46.8 Å². The molecule has 0 N–H and O–H groups in total. The molecular formula is C29H27N5. The number of nitrogens with zero attached hydrogens (tertiary/aromatic N) is 5. The van der Waals surface area contributed by atoms with Crippen LogP contribution in [0.2, 0.25) is 0 Å². The maximum Gasteiger partial charge on any atom is 0.138 e. The van der Waals surface area contributed by atoms with Crippen LogP contribution in [0.1, 0.15) is 22.4 Å². The number of benzene rings is 2. The highest BCUT2D eigenvalue weighted by molar-refractivity contribution is 5.80. The Morgan fingerprint density at radius 2 is 1.44 bits per heavy atom. The van der Waals surface area contributed by atoms with Crippen LogP contribution in [-0.4, -0.2) is 19.7 Å². The second kappa shape index (κ2) is 8.94. The highest BCUT2D eigenvalue weighted by Crippen LogP contribution is 2.40. The van der Waals surface area contributed by atoms with Gasteiger partial charge in [0.25, 0.3) is 0 Å². The van der Waals surface area contributed by atoms with Crippen LogP contribution >= 0.6 is 0 Å². The minimum absolute atomic E-state index is 0.828. The van der Waals surface area contributed by atoms with Crippen LogP contribution in [0.3, 0.4) is 0 Å². The summed E-state index contributed by atoms with van der Waals surface area (Å²) in [6.07, 6.45) is 3.88. The van der Waals surface area contributed by atoms with Crippen molar-refractivity contribution in [2.75, 3.05) is 4.90 Å². The minimum atomic E-state index is 0.828. The third-order valence-corrected chi connectivity index (χ3v) is 5.88. The van der Waals surface area contributed by atoms with Crippen molar-refractivity contribution in [1.82, 2.24) is 19.7 Å². The van der Waals surface area contributed by atoms with Gasteiger partial charge in [0.05, 0.1) is 40.3 Å². The fourth-order valence-electron chi connectivity index (χ4n) is 4.47. The molecule has 0 unspecified atom stereocenters. The lowest BCUT2D eigenvalue weighted by Gasteiger charge is -2.27. The Hall–Kier alpha value is -4.25. The molecule has 0 saturated carbocycles. The quantitative estimate of drug-likeness (QED) is 0.291. The smallest absolute Gasteiger partial charge is 0.138 e. The van der Waals surface area contributed by atoms with Gasteiger partial charge < -0.3 is 0 Å². The van der Waals surface area contributed by atoms with Crippen molar-refractivity contribution in [3.05, 3.63) is 114 Å². The molecule has 0 saturated heterocycles. The number of para-hydroxylation sites is 1. The molecule has 0 spiro atoms. The summed E-state index contributed by atoms with van der Waals surface area (Å²) in [4.78, 5) is 11.8. The van der Waals surface area contributed by atoms with Gasteiger partial charge in [-0.3, -0.25) is 9.88 Å². The first-order valence-corrected chi connectivity index (χ1v) is 11.4. The molecule has 0 atom stereocenters. The van der Waals surface area contributed by atoms with Crippen LogP contribution in [0, 0.1) is 27.7 Å². The van der Waals surface area contributed by atoms with Crippen LogP contribution in [0.4, 0.5) is 17.2 Å². The van der Waals surface area contributed by atoms with Crippen molar-refractivity contribution in [1.29, 1.82) is 0 Å². The molecule has 5 heteroatoms. The molecule has 5 nitrogen and oxygen atoms in total. The molecule has 3 heterocycles. The first-order chi connectivity index (χ1) is 16.5. The number of hydrogen-bond acceptors (Lipinski definition) is 4. The summed E-state index contributed by atoms with van der Waals surface area (Å²) in [6, 6.07) is 26.6. The van der Waals surface area contributed by atoms with Crippen LogP contribution in [-0.2, 0) is 0 Å². The van der Waals surface area contributed by atoms with Gasteiger partial charge >= 0.3 is 0 Å². The van der Waals surface area contributed by atoms with E-state index in [1.165, 1.54) is 16.7 Å². The molecule has 168 valence electrons. The molecular weight excluding hydrogens is 418 g/mol. The van der Waals surface area contributed by atoms with Crippen LogP contribution < -0.4 is 4.90 Å². The van der Waals surface area contributed by atoms with Crippen LogP contribution in [0.5, 0.6) is 0 Å². The number of hydrogen-bond donors (Lipinski definition) is 0. The highest BCUT2D eigenvalue weighted by Gasteiger charge is 2.23. The molecule has 2 aromatic carbocycles. The highest BCUT2D eigenvalue weighted by atomic mass is 15.3. The van der Waals surface area contributed by atoms with Gasteiger partial charge in [-0.15, -0.1) is 0 Å². The van der Waals surface area contributed by atoms with E-state index in [2.05, 4.69) is 61.1 Å². The number of anilines is 3.